The van der Waals surface area contributed by atoms with Crippen molar-refractivity contribution < 1.29 is 32.3 Å². The monoisotopic (exact) mass is 395 g/mol. The van der Waals surface area contributed by atoms with Crippen molar-refractivity contribution in [2.45, 2.75) is 25.3 Å². The molecular formula is C20H17F4NO3. The van der Waals surface area contributed by atoms with E-state index in [1.165, 1.54) is 17.0 Å². The van der Waals surface area contributed by atoms with Gasteiger partial charge >= 0.3 is 5.97 Å². The van der Waals surface area contributed by atoms with Gasteiger partial charge in [-0.1, -0.05) is 12.1 Å². The van der Waals surface area contributed by atoms with Gasteiger partial charge in [-0.3, -0.25) is 9.59 Å². The minimum atomic E-state index is -1.11. The number of carboxylic acids is 1. The average Bonchev–Trinajstić information content (AvgIpc) is 3.41. The van der Waals surface area contributed by atoms with Crippen LogP contribution in [0.4, 0.5) is 17.6 Å². The summed E-state index contributed by atoms with van der Waals surface area (Å²) in [6.45, 7) is -0.222. The zero-order chi connectivity index (χ0) is 20.4. The molecule has 1 saturated carbocycles. The van der Waals surface area contributed by atoms with E-state index < -0.39 is 47.0 Å². The number of carbonyl (C=O) groups excluding carboxylic acids is 1. The van der Waals surface area contributed by atoms with Gasteiger partial charge in [0.15, 0.2) is 11.6 Å². The summed E-state index contributed by atoms with van der Waals surface area (Å²) in [6, 6.07) is 6.34. The van der Waals surface area contributed by atoms with E-state index in [0.29, 0.717) is 12.0 Å². The van der Waals surface area contributed by atoms with Crippen LogP contribution >= 0.6 is 0 Å². The molecule has 2 unspecified atom stereocenters. The SMILES string of the molecule is O=C(O)CCN(Cc1ccc(F)c(F)c1)C(=O)C1CC1c1ccc(F)cc1F. The molecule has 4 nitrogen and oxygen atoms in total. The van der Waals surface area contributed by atoms with Crippen molar-refractivity contribution in [3.8, 4) is 0 Å². The van der Waals surface area contributed by atoms with Gasteiger partial charge in [0.05, 0.1) is 6.42 Å². The molecule has 0 spiro atoms. The first-order valence-corrected chi connectivity index (χ1v) is 8.65. The van der Waals surface area contributed by atoms with Gasteiger partial charge in [0.2, 0.25) is 5.91 Å². The second kappa shape index (κ2) is 8.00. The Labute approximate surface area is 158 Å². The standard InChI is InChI=1S/C20H17F4NO3/c21-12-2-3-13(17(23)8-12)14-9-15(14)20(28)25(6-5-19(26)27)10-11-1-4-16(22)18(24)7-11/h1-4,7-8,14-15H,5-6,9-10H2,(H,26,27). The molecule has 0 saturated heterocycles. The quantitative estimate of drug-likeness (QED) is 0.725. The molecule has 1 fully saturated rings. The molecule has 2 aromatic carbocycles. The number of carboxylic acid groups (broad SMARTS) is 1. The summed E-state index contributed by atoms with van der Waals surface area (Å²) in [5.74, 6) is -6.06. The van der Waals surface area contributed by atoms with E-state index in [1.807, 2.05) is 0 Å². The lowest BCUT2D eigenvalue weighted by atomic mass is 10.1. The molecule has 1 aliphatic rings. The molecule has 0 aliphatic heterocycles. The molecule has 28 heavy (non-hydrogen) atoms. The first-order valence-electron chi connectivity index (χ1n) is 8.65. The molecule has 0 heterocycles. The number of hydrogen-bond donors (Lipinski definition) is 1. The molecule has 0 radical (unpaired) electrons. The fourth-order valence-electron chi connectivity index (χ4n) is 3.20. The number of carbonyl (C=O) groups is 2. The fraction of sp³-hybridized carbons (Fsp3) is 0.300. The first-order chi connectivity index (χ1) is 13.3. The maximum Gasteiger partial charge on any atom is 0.305 e. The summed E-state index contributed by atoms with van der Waals surface area (Å²) in [7, 11) is 0. The third kappa shape index (κ3) is 4.49. The number of halogens is 4. The van der Waals surface area contributed by atoms with Gasteiger partial charge in [0.25, 0.3) is 0 Å². The Bertz CT molecular complexity index is 918. The van der Waals surface area contributed by atoms with Crippen molar-refractivity contribution in [2.24, 2.45) is 5.92 Å². The normalized spacial score (nSPS) is 18.0. The fourth-order valence-corrected chi connectivity index (χ4v) is 3.20. The van der Waals surface area contributed by atoms with Crippen molar-refractivity contribution >= 4 is 11.9 Å². The van der Waals surface area contributed by atoms with Gasteiger partial charge in [-0.2, -0.15) is 0 Å². The van der Waals surface area contributed by atoms with Crippen LogP contribution in [0.5, 0.6) is 0 Å². The topological polar surface area (TPSA) is 57.6 Å². The van der Waals surface area contributed by atoms with Gasteiger partial charge in [-0.15, -0.1) is 0 Å². The third-order valence-corrected chi connectivity index (χ3v) is 4.73. The van der Waals surface area contributed by atoms with E-state index in [0.717, 1.165) is 24.3 Å². The van der Waals surface area contributed by atoms with Gasteiger partial charge in [-0.25, -0.2) is 17.6 Å². The van der Waals surface area contributed by atoms with Crippen molar-refractivity contribution in [1.29, 1.82) is 0 Å². The first kappa shape index (κ1) is 19.9. The average molecular weight is 395 g/mol. The smallest absolute Gasteiger partial charge is 0.305 e. The van der Waals surface area contributed by atoms with E-state index in [9.17, 15) is 27.2 Å². The number of amides is 1. The number of hydrogen-bond acceptors (Lipinski definition) is 2. The summed E-state index contributed by atoms with van der Waals surface area (Å²) < 4.78 is 53.5. The number of aliphatic carboxylic acids is 1. The van der Waals surface area contributed by atoms with Crippen LogP contribution in [0.3, 0.4) is 0 Å². The van der Waals surface area contributed by atoms with Crippen molar-refractivity contribution in [1.82, 2.24) is 4.90 Å². The van der Waals surface area contributed by atoms with Crippen LogP contribution in [-0.4, -0.2) is 28.4 Å². The highest BCUT2D eigenvalue weighted by atomic mass is 19.2. The van der Waals surface area contributed by atoms with Crippen molar-refractivity contribution in [3.63, 3.8) is 0 Å². The van der Waals surface area contributed by atoms with E-state index in [4.69, 9.17) is 5.11 Å². The molecule has 1 aliphatic carbocycles. The Morgan fingerprint density at radius 2 is 1.75 bits per heavy atom. The number of benzene rings is 2. The summed E-state index contributed by atoms with van der Waals surface area (Å²) >= 11 is 0. The number of rotatable bonds is 7. The largest absolute Gasteiger partial charge is 0.481 e. The highest BCUT2D eigenvalue weighted by Gasteiger charge is 2.47. The Balaban J connectivity index is 1.75. The molecule has 3 rings (SSSR count). The van der Waals surface area contributed by atoms with Crippen LogP contribution in [0.2, 0.25) is 0 Å². The summed E-state index contributed by atoms with van der Waals surface area (Å²) in [4.78, 5) is 24.9. The van der Waals surface area contributed by atoms with Crippen LogP contribution in [0.25, 0.3) is 0 Å². The zero-order valence-corrected chi connectivity index (χ0v) is 14.7. The minimum Gasteiger partial charge on any atom is -0.481 e. The highest BCUT2D eigenvalue weighted by molar-refractivity contribution is 5.83. The lowest BCUT2D eigenvalue weighted by molar-refractivity contribution is -0.139. The van der Waals surface area contributed by atoms with Crippen LogP contribution in [0, 0.1) is 29.2 Å². The van der Waals surface area contributed by atoms with E-state index in [2.05, 4.69) is 0 Å². The van der Waals surface area contributed by atoms with Crippen LogP contribution < -0.4 is 0 Å². The molecular weight excluding hydrogens is 378 g/mol. The van der Waals surface area contributed by atoms with Gasteiger partial charge in [0, 0.05) is 25.1 Å². The van der Waals surface area contributed by atoms with E-state index in [-0.39, 0.29) is 25.1 Å². The molecule has 1 amide bonds. The van der Waals surface area contributed by atoms with Gasteiger partial charge in [-0.05, 0) is 41.7 Å². The summed E-state index contributed by atoms with van der Waals surface area (Å²) in [6.07, 6.45) is 0.0282. The highest BCUT2D eigenvalue weighted by Crippen LogP contribution is 2.49. The van der Waals surface area contributed by atoms with Gasteiger partial charge in [0.1, 0.15) is 11.6 Å². The van der Waals surface area contributed by atoms with E-state index >= 15 is 0 Å². The van der Waals surface area contributed by atoms with Crippen LogP contribution in [0.15, 0.2) is 36.4 Å². The van der Waals surface area contributed by atoms with Crippen molar-refractivity contribution in [3.05, 3.63) is 70.8 Å². The predicted molar refractivity (Wildman–Crippen MR) is 91.2 cm³/mol. The molecule has 1 N–H and O–H groups in total. The van der Waals surface area contributed by atoms with Gasteiger partial charge < -0.3 is 10.0 Å². The van der Waals surface area contributed by atoms with Crippen LogP contribution in [0.1, 0.15) is 29.9 Å². The Hall–Kier alpha value is -2.90. The van der Waals surface area contributed by atoms with E-state index in [1.54, 1.807) is 0 Å². The minimum absolute atomic E-state index is 0.0988. The maximum atomic E-state index is 13.9. The molecule has 2 aromatic rings. The maximum absolute atomic E-state index is 13.9. The molecule has 148 valence electrons. The Morgan fingerprint density at radius 3 is 2.39 bits per heavy atom. The molecule has 8 heteroatoms. The molecule has 0 bridgehead atoms. The van der Waals surface area contributed by atoms with Crippen LogP contribution in [-0.2, 0) is 16.1 Å². The summed E-state index contributed by atoms with van der Waals surface area (Å²) in [5.41, 5.74) is 0.536. The second-order valence-corrected chi connectivity index (χ2v) is 6.77. The summed E-state index contributed by atoms with van der Waals surface area (Å²) in [5, 5.41) is 8.90. The lowest BCUT2D eigenvalue weighted by Gasteiger charge is -2.22. The lowest BCUT2D eigenvalue weighted by Crippen LogP contribution is -2.34. The second-order valence-electron chi connectivity index (χ2n) is 6.77. The third-order valence-electron chi connectivity index (χ3n) is 4.73. The molecule has 0 aromatic heterocycles. The molecule has 2 atom stereocenters. The Morgan fingerprint density at radius 1 is 1.00 bits per heavy atom. The van der Waals surface area contributed by atoms with Crippen molar-refractivity contribution in [2.75, 3.05) is 6.54 Å². The number of nitrogens with zero attached hydrogens (tertiary/aromatic N) is 1. The Kier molecular flexibility index (Phi) is 5.67. The predicted octanol–water partition coefficient (Wildman–Crippen LogP) is 3.85. The zero-order valence-electron chi connectivity index (χ0n) is 14.7.